The van der Waals surface area contributed by atoms with E-state index in [2.05, 4.69) is 17.3 Å². The monoisotopic (exact) mass is 285 g/mol. The van der Waals surface area contributed by atoms with Gasteiger partial charge in [0.05, 0.1) is 17.2 Å². The van der Waals surface area contributed by atoms with Gasteiger partial charge in [0.25, 0.3) is 0 Å². The third-order valence-corrected chi connectivity index (χ3v) is 5.59. The van der Waals surface area contributed by atoms with Gasteiger partial charge in [-0.1, -0.05) is 6.92 Å². The number of hydrogen-bond donors (Lipinski definition) is 1. The summed E-state index contributed by atoms with van der Waals surface area (Å²) >= 11 is 0. The van der Waals surface area contributed by atoms with Gasteiger partial charge < -0.3 is 5.32 Å². The Bertz CT molecular complexity index is 510. The Morgan fingerprint density at radius 3 is 2.89 bits per heavy atom. The number of aromatic nitrogens is 2. The van der Waals surface area contributed by atoms with Gasteiger partial charge in [-0.05, 0) is 37.8 Å². The van der Waals surface area contributed by atoms with E-state index >= 15 is 0 Å². The van der Waals surface area contributed by atoms with Gasteiger partial charge in [0.15, 0.2) is 9.84 Å². The molecule has 6 heteroatoms. The van der Waals surface area contributed by atoms with Crippen LogP contribution in [-0.2, 0) is 16.9 Å². The lowest BCUT2D eigenvalue weighted by atomic mass is 9.97. The number of nitrogens with one attached hydrogen (secondary N) is 1. The Kier molecular flexibility index (Phi) is 4.62. The second-order valence-electron chi connectivity index (χ2n) is 5.39. The molecule has 1 aliphatic rings. The number of nitrogens with zero attached hydrogens (tertiary/aromatic N) is 2. The van der Waals surface area contributed by atoms with Crippen LogP contribution in [0.1, 0.15) is 37.9 Å². The first-order valence-electron chi connectivity index (χ1n) is 6.93. The predicted molar refractivity (Wildman–Crippen MR) is 75.6 cm³/mol. The first-order chi connectivity index (χ1) is 9.02. The van der Waals surface area contributed by atoms with Crippen molar-refractivity contribution in [3.8, 4) is 0 Å². The topological polar surface area (TPSA) is 64.0 Å². The summed E-state index contributed by atoms with van der Waals surface area (Å²) in [4.78, 5) is 0. The fourth-order valence-corrected chi connectivity index (χ4v) is 4.62. The Morgan fingerprint density at radius 2 is 2.37 bits per heavy atom. The molecular formula is C13H23N3O2S. The average molecular weight is 285 g/mol. The molecule has 0 radical (unpaired) electrons. The van der Waals surface area contributed by atoms with Crippen LogP contribution in [0.25, 0.3) is 0 Å². The lowest BCUT2D eigenvalue weighted by Crippen LogP contribution is -2.26. The van der Waals surface area contributed by atoms with Crippen molar-refractivity contribution in [2.45, 2.75) is 32.2 Å². The Labute approximate surface area is 115 Å². The van der Waals surface area contributed by atoms with E-state index in [9.17, 15) is 8.42 Å². The summed E-state index contributed by atoms with van der Waals surface area (Å²) in [6.07, 6.45) is 4.53. The van der Waals surface area contributed by atoms with Gasteiger partial charge in [0.1, 0.15) is 0 Å². The van der Waals surface area contributed by atoms with Crippen LogP contribution in [0.3, 0.4) is 0 Å². The van der Waals surface area contributed by atoms with Crippen molar-refractivity contribution >= 4 is 9.84 Å². The summed E-state index contributed by atoms with van der Waals surface area (Å²) in [5.41, 5.74) is 1.14. The van der Waals surface area contributed by atoms with Crippen LogP contribution in [-0.4, -0.2) is 36.2 Å². The van der Waals surface area contributed by atoms with Crippen molar-refractivity contribution in [3.05, 3.63) is 18.0 Å². The summed E-state index contributed by atoms with van der Waals surface area (Å²) in [7, 11) is -0.859. The number of rotatable bonds is 6. The van der Waals surface area contributed by atoms with Crippen molar-refractivity contribution in [3.63, 3.8) is 0 Å². The molecule has 0 saturated carbocycles. The van der Waals surface area contributed by atoms with Gasteiger partial charge in [-0.3, -0.25) is 4.68 Å². The van der Waals surface area contributed by atoms with Crippen molar-refractivity contribution in [2.75, 3.05) is 18.1 Å². The fourth-order valence-electron chi connectivity index (χ4n) is 2.74. The maximum atomic E-state index is 11.6. The molecule has 0 spiro atoms. The van der Waals surface area contributed by atoms with Gasteiger partial charge in [0.2, 0.25) is 0 Å². The van der Waals surface area contributed by atoms with Gasteiger partial charge in [-0.15, -0.1) is 0 Å². The zero-order valence-corrected chi connectivity index (χ0v) is 12.5. The van der Waals surface area contributed by atoms with Crippen LogP contribution >= 0.6 is 0 Å². The van der Waals surface area contributed by atoms with E-state index in [-0.39, 0.29) is 12.0 Å². The molecule has 1 N–H and O–H groups in total. The molecule has 2 atom stereocenters. The van der Waals surface area contributed by atoms with Crippen LogP contribution < -0.4 is 5.32 Å². The van der Waals surface area contributed by atoms with Crippen LogP contribution in [0.4, 0.5) is 0 Å². The third-order valence-electron chi connectivity index (χ3n) is 3.75. The van der Waals surface area contributed by atoms with Crippen LogP contribution in [0.15, 0.2) is 12.3 Å². The van der Waals surface area contributed by atoms with Gasteiger partial charge in [-0.2, -0.15) is 5.10 Å². The van der Waals surface area contributed by atoms with Crippen molar-refractivity contribution in [1.29, 1.82) is 0 Å². The summed E-state index contributed by atoms with van der Waals surface area (Å²) in [5, 5.41) is 7.72. The molecular weight excluding hydrogens is 262 g/mol. The summed E-state index contributed by atoms with van der Waals surface area (Å²) in [6, 6.07) is 2.21. The Balaban J connectivity index is 2.05. The van der Waals surface area contributed by atoms with Crippen molar-refractivity contribution < 1.29 is 8.42 Å². The smallest absolute Gasteiger partial charge is 0.150 e. The van der Waals surface area contributed by atoms with Gasteiger partial charge in [0, 0.05) is 19.3 Å². The first kappa shape index (κ1) is 14.5. The molecule has 1 saturated heterocycles. The minimum atomic E-state index is -2.79. The molecule has 19 heavy (non-hydrogen) atoms. The second kappa shape index (κ2) is 6.05. The molecule has 1 fully saturated rings. The van der Waals surface area contributed by atoms with E-state index in [1.807, 2.05) is 17.8 Å². The minimum Gasteiger partial charge on any atom is -0.309 e. The second-order valence-corrected chi connectivity index (χ2v) is 7.62. The van der Waals surface area contributed by atoms with E-state index in [0.717, 1.165) is 31.5 Å². The SMILES string of the molecule is CCCNC(CC1CCS(=O)(=O)C1)c1ccnn1C. The highest BCUT2D eigenvalue weighted by Gasteiger charge is 2.30. The Hall–Kier alpha value is -0.880. The van der Waals surface area contributed by atoms with Crippen LogP contribution in [0, 0.1) is 5.92 Å². The molecule has 1 aliphatic heterocycles. The zero-order chi connectivity index (χ0) is 13.9. The largest absolute Gasteiger partial charge is 0.309 e. The van der Waals surface area contributed by atoms with Gasteiger partial charge >= 0.3 is 0 Å². The van der Waals surface area contributed by atoms with Crippen molar-refractivity contribution in [2.24, 2.45) is 13.0 Å². The number of sulfone groups is 1. The standard InChI is InChI=1S/C13H23N3O2S/c1-3-6-14-12(13-4-7-15-16(13)2)9-11-5-8-19(17,18)10-11/h4,7,11-12,14H,3,5-6,8-10H2,1-2H3. The maximum Gasteiger partial charge on any atom is 0.150 e. The minimum absolute atomic E-state index is 0.200. The van der Waals surface area contributed by atoms with E-state index in [4.69, 9.17) is 0 Å². The average Bonchev–Trinajstić information content (AvgIpc) is 2.91. The third kappa shape index (κ3) is 3.79. The summed E-state index contributed by atoms with van der Waals surface area (Å²) < 4.78 is 25.0. The molecule has 1 aromatic rings. The molecule has 0 amide bonds. The first-order valence-corrected chi connectivity index (χ1v) is 8.75. The van der Waals surface area contributed by atoms with E-state index in [1.54, 1.807) is 6.20 Å². The normalized spacial score (nSPS) is 23.6. The van der Waals surface area contributed by atoms with Crippen LogP contribution in [0.2, 0.25) is 0 Å². The molecule has 2 rings (SSSR count). The highest BCUT2D eigenvalue weighted by Crippen LogP contribution is 2.28. The molecule has 1 aromatic heterocycles. The summed E-state index contributed by atoms with van der Waals surface area (Å²) in [5.74, 6) is 0.966. The van der Waals surface area contributed by atoms with Crippen molar-refractivity contribution in [1.82, 2.24) is 15.1 Å². The highest BCUT2D eigenvalue weighted by molar-refractivity contribution is 7.91. The Morgan fingerprint density at radius 1 is 1.58 bits per heavy atom. The molecule has 2 unspecified atom stereocenters. The van der Waals surface area contributed by atoms with E-state index < -0.39 is 9.84 Å². The molecule has 2 heterocycles. The maximum absolute atomic E-state index is 11.6. The molecule has 0 bridgehead atoms. The van der Waals surface area contributed by atoms with E-state index in [0.29, 0.717) is 11.5 Å². The predicted octanol–water partition coefficient (Wildman–Crippen LogP) is 1.29. The molecule has 0 aliphatic carbocycles. The quantitative estimate of drug-likeness (QED) is 0.855. The number of hydrogen-bond acceptors (Lipinski definition) is 4. The fraction of sp³-hybridized carbons (Fsp3) is 0.769. The molecule has 5 nitrogen and oxygen atoms in total. The van der Waals surface area contributed by atoms with Crippen LogP contribution in [0.5, 0.6) is 0 Å². The lowest BCUT2D eigenvalue weighted by Gasteiger charge is -2.21. The molecule has 108 valence electrons. The van der Waals surface area contributed by atoms with Gasteiger partial charge in [-0.25, -0.2) is 8.42 Å². The van der Waals surface area contributed by atoms with E-state index in [1.165, 1.54) is 0 Å². The lowest BCUT2D eigenvalue weighted by molar-refractivity contribution is 0.397. The highest BCUT2D eigenvalue weighted by atomic mass is 32.2. The summed E-state index contributed by atoms with van der Waals surface area (Å²) in [6.45, 7) is 3.07. The zero-order valence-electron chi connectivity index (χ0n) is 11.7. The molecule has 0 aromatic carbocycles. The number of aryl methyl sites for hydroxylation is 1.